The van der Waals surface area contributed by atoms with Gasteiger partial charge < -0.3 is 18.9 Å². The van der Waals surface area contributed by atoms with Gasteiger partial charge in [0.05, 0.1) is 4.99 Å². The van der Waals surface area contributed by atoms with Crippen LogP contribution in [0.4, 0.5) is 0 Å². The molecule has 0 saturated heterocycles. The van der Waals surface area contributed by atoms with E-state index in [2.05, 4.69) is 6.07 Å². The van der Waals surface area contributed by atoms with E-state index in [-0.39, 0.29) is 161 Å². The molecule has 0 fully saturated rings. The summed E-state index contributed by atoms with van der Waals surface area (Å²) in [4.78, 5) is 19.5. The topological polar surface area (TPSA) is 120 Å². The van der Waals surface area contributed by atoms with Crippen molar-refractivity contribution in [2.75, 3.05) is 0 Å². The van der Waals surface area contributed by atoms with E-state index in [9.17, 15) is 27.3 Å². The first-order valence-electron chi connectivity index (χ1n) is 7.70. The zero-order valence-corrected chi connectivity index (χ0v) is 27.7. The standard InChI is InChI=1S/C17H21O6PS.3K/c1-13-4-2-6-16(12-13)15-10-8-14(9-11-15)5-3-7-17(24(18,19)20)25(21,22)23;;;/h2,4,6,8-12,17H,3,5,7H2,1H3,(H2,18,19,20)(H,21,22,23);;;/q;3*+1/p-3. The van der Waals surface area contributed by atoms with Gasteiger partial charge in [0.25, 0.3) is 0 Å². The molecule has 0 bridgehead atoms. The van der Waals surface area contributed by atoms with Crippen molar-refractivity contribution in [1.29, 1.82) is 0 Å². The van der Waals surface area contributed by atoms with Crippen molar-refractivity contribution in [2.45, 2.75) is 31.2 Å². The van der Waals surface area contributed by atoms with Gasteiger partial charge in [0.15, 0.2) is 0 Å². The smallest absolute Gasteiger partial charge is 0.810 e. The molecule has 11 heteroatoms. The van der Waals surface area contributed by atoms with Crippen molar-refractivity contribution >= 4 is 17.7 Å². The fraction of sp³-hybridized carbons (Fsp3) is 0.294. The SMILES string of the molecule is Cc1cccc(-c2ccc(CCCC(P(=O)([O-])[O-])S(=O)(=O)[O-])cc2)c1.[K+].[K+].[K+]. The summed E-state index contributed by atoms with van der Waals surface area (Å²) in [6, 6.07) is 15.6. The van der Waals surface area contributed by atoms with E-state index in [4.69, 9.17) is 0 Å². The molecule has 1 unspecified atom stereocenters. The second kappa shape index (κ2) is 15.3. The molecule has 0 spiro atoms. The minimum atomic E-state index is -5.47. The molecule has 2 rings (SSSR count). The molecule has 0 aliphatic carbocycles. The van der Waals surface area contributed by atoms with Gasteiger partial charge in [-0.1, -0.05) is 61.7 Å². The van der Waals surface area contributed by atoms with Crippen LogP contribution < -0.4 is 164 Å². The van der Waals surface area contributed by atoms with Gasteiger partial charge in [-0.05, 0) is 42.9 Å². The van der Waals surface area contributed by atoms with E-state index in [1.165, 1.54) is 0 Å². The van der Waals surface area contributed by atoms with Gasteiger partial charge in [-0.15, -0.1) is 0 Å². The molecule has 0 radical (unpaired) electrons. The Hall–Kier alpha value is 3.41. The third-order valence-corrected chi connectivity index (χ3v) is 7.32. The van der Waals surface area contributed by atoms with Crippen LogP contribution in [0.15, 0.2) is 48.5 Å². The van der Waals surface area contributed by atoms with Crippen LogP contribution >= 0.6 is 7.60 Å². The Bertz CT molecular complexity index is 884. The molecule has 0 aliphatic rings. The van der Waals surface area contributed by atoms with Gasteiger partial charge >= 0.3 is 154 Å². The van der Waals surface area contributed by atoms with Gasteiger partial charge in [-0.25, -0.2) is 8.42 Å². The maximum absolute atomic E-state index is 10.9. The normalized spacial score (nSPS) is 12.1. The Kier molecular flexibility index (Phi) is 18.4. The first-order valence-corrected chi connectivity index (χ1v) is 10.8. The van der Waals surface area contributed by atoms with Crippen LogP contribution in [0.5, 0.6) is 0 Å². The molecule has 0 aromatic heterocycles. The Balaban J connectivity index is 0. The summed E-state index contributed by atoms with van der Waals surface area (Å²) in [6.45, 7) is 2.00. The van der Waals surface area contributed by atoms with Crippen LogP contribution in [0, 0.1) is 6.92 Å². The second-order valence-electron chi connectivity index (χ2n) is 5.95. The molecular weight excluding hydrogens is 481 g/mol. The largest absolute Gasteiger partial charge is 1.00 e. The monoisotopic (exact) mass is 498 g/mol. The molecule has 2 aromatic rings. The average Bonchev–Trinajstić information content (AvgIpc) is 2.49. The molecule has 0 N–H and O–H groups in total. The first kappa shape index (κ1) is 33.6. The molecule has 0 heterocycles. The fourth-order valence-electron chi connectivity index (χ4n) is 2.63. The van der Waals surface area contributed by atoms with Crippen LogP contribution in [-0.2, 0) is 21.1 Å². The number of hydrogen-bond donors (Lipinski definition) is 0. The minimum absolute atomic E-state index is 0. The molecule has 0 amide bonds. The summed E-state index contributed by atoms with van der Waals surface area (Å²) < 4.78 is 43.7. The second-order valence-corrected chi connectivity index (χ2v) is 9.55. The number of aryl methyl sites for hydroxylation is 2. The van der Waals surface area contributed by atoms with E-state index in [0.717, 1.165) is 22.3 Å². The average molecular weight is 499 g/mol. The predicted octanol–water partition coefficient (Wildman–Crippen LogP) is -7.22. The summed E-state index contributed by atoms with van der Waals surface area (Å²) in [6.07, 6.45) is 0.000256. The Morgan fingerprint density at radius 3 is 2.00 bits per heavy atom. The van der Waals surface area contributed by atoms with Gasteiger partial charge in [0, 0.05) is 0 Å². The number of benzene rings is 2. The summed E-state index contributed by atoms with van der Waals surface area (Å²) in [5.74, 6) is 0. The van der Waals surface area contributed by atoms with Gasteiger partial charge in [0.1, 0.15) is 10.1 Å². The van der Waals surface area contributed by atoms with E-state index >= 15 is 0 Å². The Labute approximate surface area is 294 Å². The van der Waals surface area contributed by atoms with Crippen LogP contribution in [0.25, 0.3) is 11.1 Å². The van der Waals surface area contributed by atoms with Gasteiger partial charge in [0.2, 0.25) is 0 Å². The van der Waals surface area contributed by atoms with Crippen LogP contribution in [0.1, 0.15) is 24.0 Å². The minimum Gasteiger partial charge on any atom is -0.810 e. The first-order chi connectivity index (χ1) is 11.6. The zero-order chi connectivity index (χ0) is 18.7. The molecule has 28 heavy (non-hydrogen) atoms. The van der Waals surface area contributed by atoms with Crippen molar-refractivity contribution in [3.05, 3.63) is 59.7 Å². The van der Waals surface area contributed by atoms with E-state index in [1.807, 2.05) is 49.4 Å². The molecule has 0 saturated carbocycles. The summed E-state index contributed by atoms with van der Waals surface area (Å²) >= 11 is 0. The maximum Gasteiger partial charge on any atom is 1.00 e. The van der Waals surface area contributed by atoms with Crippen molar-refractivity contribution < 1.29 is 181 Å². The molecular formula is C17H18K3O6PS. The van der Waals surface area contributed by atoms with Crippen LogP contribution in [0.2, 0.25) is 0 Å². The number of rotatable bonds is 7. The molecule has 1 atom stereocenters. The van der Waals surface area contributed by atoms with Crippen molar-refractivity contribution in [3.63, 3.8) is 0 Å². The molecule has 2 aromatic carbocycles. The van der Waals surface area contributed by atoms with Crippen molar-refractivity contribution in [2.24, 2.45) is 0 Å². The maximum atomic E-state index is 10.9. The zero-order valence-electron chi connectivity index (χ0n) is 16.6. The van der Waals surface area contributed by atoms with Crippen LogP contribution in [0.3, 0.4) is 0 Å². The number of hydrogen-bond acceptors (Lipinski definition) is 6. The molecule has 6 nitrogen and oxygen atoms in total. The van der Waals surface area contributed by atoms with Gasteiger partial charge in [-0.3, -0.25) is 0 Å². The molecule has 0 aliphatic heterocycles. The Morgan fingerprint density at radius 1 is 0.964 bits per heavy atom. The summed E-state index contributed by atoms with van der Waals surface area (Å²) in [5.41, 5.74) is 4.11. The van der Waals surface area contributed by atoms with Gasteiger partial charge in [-0.2, -0.15) is 0 Å². The third-order valence-electron chi connectivity index (χ3n) is 3.91. The summed E-state index contributed by atoms with van der Waals surface area (Å²) in [5, 5.41) is 0. The van der Waals surface area contributed by atoms with E-state index in [0.29, 0.717) is 6.42 Å². The third kappa shape index (κ3) is 11.5. The molecule has 136 valence electrons. The quantitative estimate of drug-likeness (QED) is 0.213. The van der Waals surface area contributed by atoms with Crippen molar-refractivity contribution in [1.82, 2.24) is 0 Å². The summed E-state index contributed by atoms with van der Waals surface area (Å²) in [7, 11) is -10.6. The van der Waals surface area contributed by atoms with E-state index < -0.39 is 29.1 Å². The predicted molar refractivity (Wildman–Crippen MR) is 90.6 cm³/mol. The Morgan fingerprint density at radius 2 is 1.54 bits per heavy atom. The fourth-order valence-corrected chi connectivity index (χ4v) is 4.85. The van der Waals surface area contributed by atoms with Crippen LogP contribution in [-0.4, -0.2) is 18.0 Å². The van der Waals surface area contributed by atoms with E-state index in [1.54, 1.807) is 0 Å². The van der Waals surface area contributed by atoms with Crippen molar-refractivity contribution in [3.8, 4) is 11.1 Å².